The molecule has 0 saturated heterocycles. The lowest BCUT2D eigenvalue weighted by Gasteiger charge is -2.22. The first kappa shape index (κ1) is 22.2. The first-order valence-corrected chi connectivity index (χ1v) is 10.7. The summed E-state index contributed by atoms with van der Waals surface area (Å²) < 4.78 is 39.7. The van der Waals surface area contributed by atoms with E-state index in [1.165, 1.54) is 4.90 Å². The van der Waals surface area contributed by atoms with E-state index in [9.17, 15) is 22.8 Å². The third-order valence-corrected chi connectivity index (χ3v) is 5.63. The molecule has 168 valence electrons. The summed E-state index contributed by atoms with van der Waals surface area (Å²) in [5, 5.41) is 7.56. The number of nitrogens with zero attached hydrogens (tertiary/aromatic N) is 4. The molecular weight excluding hydrogens is 493 g/mol. The number of rotatable bonds is 3. The number of alkyl halides is 3. The number of amides is 2. The highest BCUT2D eigenvalue weighted by atomic mass is 79.9. The van der Waals surface area contributed by atoms with E-state index in [0.29, 0.717) is 12.1 Å². The molecule has 0 bridgehead atoms. The number of carbonyl (C=O) groups excluding carboxylic acids is 2. The zero-order chi connectivity index (χ0) is 22.9. The van der Waals surface area contributed by atoms with Crippen LogP contribution in [0.3, 0.4) is 0 Å². The fourth-order valence-corrected chi connectivity index (χ4v) is 4.02. The zero-order valence-electron chi connectivity index (χ0n) is 16.7. The molecule has 0 atom stereocenters. The van der Waals surface area contributed by atoms with E-state index in [1.807, 2.05) is 11.2 Å². The Morgan fingerprint density at radius 2 is 2.06 bits per heavy atom. The monoisotopic (exact) mass is 510 g/mol. The number of aromatic nitrogens is 4. The van der Waals surface area contributed by atoms with Crippen molar-refractivity contribution in [2.45, 2.75) is 31.9 Å². The van der Waals surface area contributed by atoms with Gasteiger partial charge in [-0.1, -0.05) is 22.4 Å². The Balaban J connectivity index is 1.50. The molecule has 0 spiro atoms. The predicted molar refractivity (Wildman–Crippen MR) is 113 cm³/mol. The van der Waals surface area contributed by atoms with Gasteiger partial charge in [-0.2, -0.15) is 23.3 Å². The van der Waals surface area contributed by atoms with Crippen LogP contribution < -0.4 is 5.32 Å². The van der Waals surface area contributed by atoms with Gasteiger partial charge >= 0.3 is 6.18 Å². The highest BCUT2D eigenvalue weighted by molar-refractivity contribution is 9.10. The Hall–Kier alpha value is -3.02. The number of hydrogen-bond donors (Lipinski definition) is 2. The number of halogens is 4. The van der Waals surface area contributed by atoms with Crippen LogP contribution in [0.2, 0.25) is 0 Å². The molecule has 0 unspecified atom stereocenters. The molecule has 0 saturated carbocycles. The minimum absolute atomic E-state index is 0.191. The van der Waals surface area contributed by atoms with Crippen molar-refractivity contribution in [3.8, 4) is 0 Å². The van der Waals surface area contributed by atoms with E-state index in [1.54, 1.807) is 12.1 Å². The molecule has 12 heteroatoms. The van der Waals surface area contributed by atoms with Crippen LogP contribution in [0.1, 0.15) is 40.9 Å². The third-order valence-electron chi connectivity index (χ3n) is 5.14. The van der Waals surface area contributed by atoms with E-state index in [2.05, 4.69) is 36.3 Å². The Bertz CT molecular complexity index is 1180. The number of carbonyl (C=O) groups is 2. The summed E-state index contributed by atoms with van der Waals surface area (Å²) >= 11 is 3.42. The summed E-state index contributed by atoms with van der Waals surface area (Å²) in [6.45, 7) is 0.181. The number of H-pyrrole nitrogens is 1. The van der Waals surface area contributed by atoms with Gasteiger partial charge in [0, 0.05) is 22.8 Å². The van der Waals surface area contributed by atoms with Crippen molar-refractivity contribution in [3.05, 3.63) is 45.7 Å². The first-order valence-electron chi connectivity index (χ1n) is 9.88. The topological polar surface area (TPSA) is 104 Å². The van der Waals surface area contributed by atoms with Gasteiger partial charge in [-0.05, 0) is 43.0 Å². The van der Waals surface area contributed by atoms with Gasteiger partial charge in [0.25, 0.3) is 5.91 Å². The van der Waals surface area contributed by atoms with Gasteiger partial charge in [0.15, 0.2) is 11.3 Å². The van der Waals surface area contributed by atoms with Crippen LogP contribution in [0.4, 0.5) is 19.1 Å². The molecule has 0 fully saturated rings. The van der Waals surface area contributed by atoms with Crippen molar-refractivity contribution in [2.75, 3.05) is 18.4 Å². The predicted octanol–water partition coefficient (Wildman–Crippen LogP) is 3.94. The highest BCUT2D eigenvalue weighted by Crippen LogP contribution is 2.32. The minimum atomic E-state index is -4.63. The standard InChI is InChI=1S/C20H18BrF3N6O2/c21-12-5-6-13-11(8-12)4-2-1-3-7-30(18(13)32)10-15(31)26-19-25-9-14-16(20(22,23)24)28-29-17(14)27-19/h5-6,8-9H,1-4,7,10H2,(H2,25,26,27,28,29,31). The van der Waals surface area contributed by atoms with E-state index in [-0.39, 0.29) is 29.4 Å². The Morgan fingerprint density at radius 3 is 2.84 bits per heavy atom. The lowest BCUT2D eigenvalue weighted by molar-refractivity contribution is -0.140. The Morgan fingerprint density at radius 1 is 1.25 bits per heavy atom. The smallest absolute Gasteiger partial charge is 0.329 e. The van der Waals surface area contributed by atoms with Gasteiger partial charge in [-0.3, -0.25) is 20.0 Å². The number of hydrogen-bond acceptors (Lipinski definition) is 5. The number of benzene rings is 1. The average Bonchev–Trinajstić information content (AvgIpc) is 3.17. The SMILES string of the molecule is O=C(CN1CCCCCc2cc(Br)ccc2C1=O)Nc1ncc2c(C(F)(F)F)[nH]nc2n1. The van der Waals surface area contributed by atoms with Crippen molar-refractivity contribution in [2.24, 2.45) is 0 Å². The molecule has 1 aliphatic rings. The van der Waals surface area contributed by atoms with E-state index in [4.69, 9.17) is 0 Å². The van der Waals surface area contributed by atoms with Gasteiger partial charge in [-0.25, -0.2) is 4.98 Å². The maximum Gasteiger partial charge on any atom is 0.433 e. The summed E-state index contributed by atoms with van der Waals surface area (Å²) in [6.07, 6.45) is -0.294. The van der Waals surface area contributed by atoms with Gasteiger partial charge in [-0.15, -0.1) is 0 Å². The second-order valence-electron chi connectivity index (χ2n) is 7.41. The fraction of sp³-hybridized carbons (Fsp3) is 0.350. The highest BCUT2D eigenvalue weighted by Gasteiger charge is 2.35. The molecular formula is C20H18BrF3N6O2. The molecule has 2 aromatic heterocycles. The molecule has 32 heavy (non-hydrogen) atoms. The van der Waals surface area contributed by atoms with E-state index < -0.39 is 17.8 Å². The number of nitrogens with one attached hydrogen (secondary N) is 2. The normalized spacial score (nSPS) is 15.1. The zero-order valence-corrected chi connectivity index (χ0v) is 18.3. The van der Waals surface area contributed by atoms with Crippen molar-refractivity contribution in [1.82, 2.24) is 25.1 Å². The van der Waals surface area contributed by atoms with Crippen LogP contribution >= 0.6 is 15.9 Å². The fourth-order valence-electron chi connectivity index (χ4n) is 3.61. The second-order valence-corrected chi connectivity index (χ2v) is 8.33. The molecule has 1 aliphatic heterocycles. The lowest BCUT2D eigenvalue weighted by Crippen LogP contribution is -2.39. The molecule has 4 rings (SSSR count). The van der Waals surface area contributed by atoms with E-state index in [0.717, 1.165) is 41.9 Å². The number of aryl methyl sites for hydroxylation is 1. The van der Waals surface area contributed by atoms with Crippen molar-refractivity contribution >= 4 is 44.7 Å². The summed E-state index contributed by atoms with van der Waals surface area (Å²) in [4.78, 5) is 34.8. The number of fused-ring (bicyclic) bond motifs is 2. The van der Waals surface area contributed by atoms with Gasteiger partial charge < -0.3 is 4.90 Å². The molecule has 0 aliphatic carbocycles. The van der Waals surface area contributed by atoms with Crippen LogP contribution in [0, 0.1) is 0 Å². The van der Waals surface area contributed by atoms with Gasteiger partial charge in [0.2, 0.25) is 11.9 Å². The van der Waals surface area contributed by atoms with Crippen LogP contribution in [-0.4, -0.2) is 50.0 Å². The lowest BCUT2D eigenvalue weighted by atomic mass is 10.0. The molecule has 2 amide bonds. The average molecular weight is 511 g/mol. The van der Waals surface area contributed by atoms with Crippen molar-refractivity contribution in [1.29, 1.82) is 0 Å². The molecule has 3 aromatic rings. The van der Waals surface area contributed by atoms with Crippen LogP contribution in [0.25, 0.3) is 11.0 Å². The maximum atomic E-state index is 13.1. The molecule has 0 radical (unpaired) electrons. The Labute approximate surface area is 188 Å². The molecule has 1 aromatic carbocycles. The van der Waals surface area contributed by atoms with Crippen molar-refractivity contribution in [3.63, 3.8) is 0 Å². The summed E-state index contributed by atoms with van der Waals surface area (Å²) in [7, 11) is 0. The third kappa shape index (κ3) is 4.74. The Kier molecular flexibility index (Phi) is 6.13. The van der Waals surface area contributed by atoms with Gasteiger partial charge in [0.05, 0.1) is 5.39 Å². The second kappa shape index (κ2) is 8.85. The molecule has 2 N–H and O–H groups in total. The summed E-state index contributed by atoms with van der Waals surface area (Å²) in [5.41, 5.74) is 0.195. The molecule has 3 heterocycles. The summed E-state index contributed by atoms with van der Waals surface area (Å²) in [5.74, 6) is -0.992. The van der Waals surface area contributed by atoms with Crippen LogP contribution in [-0.2, 0) is 17.4 Å². The largest absolute Gasteiger partial charge is 0.433 e. The number of anilines is 1. The van der Waals surface area contributed by atoms with Gasteiger partial charge in [0.1, 0.15) is 6.54 Å². The van der Waals surface area contributed by atoms with Crippen LogP contribution in [0.15, 0.2) is 28.9 Å². The maximum absolute atomic E-state index is 13.1. The number of aromatic amines is 1. The quantitative estimate of drug-likeness (QED) is 0.555. The van der Waals surface area contributed by atoms with Crippen LogP contribution in [0.5, 0.6) is 0 Å². The minimum Gasteiger partial charge on any atom is -0.329 e. The molecule has 8 nitrogen and oxygen atoms in total. The summed E-state index contributed by atoms with van der Waals surface area (Å²) in [6, 6.07) is 5.44. The first-order chi connectivity index (χ1) is 15.2. The van der Waals surface area contributed by atoms with Crippen molar-refractivity contribution < 1.29 is 22.8 Å². The van der Waals surface area contributed by atoms with E-state index >= 15 is 0 Å².